The van der Waals surface area contributed by atoms with Crippen molar-refractivity contribution in [1.82, 2.24) is 15.2 Å². The van der Waals surface area contributed by atoms with E-state index in [4.69, 9.17) is 4.74 Å². The van der Waals surface area contributed by atoms with Gasteiger partial charge in [0.25, 0.3) is 0 Å². The van der Waals surface area contributed by atoms with Crippen molar-refractivity contribution in [2.45, 2.75) is 51.4 Å². The summed E-state index contributed by atoms with van der Waals surface area (Å²) in [5.74, 6) is 0.977. The van der Waals surface area contributed by atoms with Gasteiger partial charge >= 0.3 is 0 Å². The first-order valence-corrected chi connectivity index (χ1v) is 13.4. The number of rotatable bonds is 10. The molecule has 5 rings (SSSR count). The average molecular weight is 509 g/mol. The van der Waals surface area contributed by atoms with Crippen molar-refractivity contribution in [3.8, 4) is 5.75 Å². The second-order valence-electron chi connectivity index (χ2n) is 10.1. The van der Waals surface area contributed by atoms with Gasteiger partial charge < -0.3 is 15.0 Å². The minimum atomic E-state index is -0.230. The molecule has 1 fully saturated rings. The molecule has 1 aromatic heterocycles. The predicted octanol–water partition coefficient (Wildman–Crippen LogP) is 5.87. The van der Waals surface area contributed by atoms with Crippen LogP contribution in [-0.4, -0.2) is 41.5 Å². The summed E-state index contributed by atoms with van der Waals surface area (Å²) in [5, 5.41) is 8.32. The third-order valence-corrected chi connectivity index (χ3v) is 7.37. The Morgan fingerprint density at radius 3 is 2.63 bits per heavy atom. The van der Waals surface area contributed by atoms with E-state index in [0.29, 0.717) is 13.0 Å². The Balaban J connectivity index is 1.27. The van der Waals surface area contributed by atoms with Gasteiger partial charge in [-0.3, -0.25) is 15.1 Å². The summed E-state index contributed by atoms with van der Waals surface area (Å²) in [6.07, 6.45) is 4.18. The van der Waals surface area contributed by atoms with Crippen LogP contribution in [0, 0.1) is 6.92 Å². The van der Waals surface area contributed by atoms with Crippen molar-refractivity contribution < 1.29 is 9.53 Å². The fourth-order valence-corrected chi connectivity index (χ4v) is 5.36. The van der Waals surface area contributed by atoms with Gasteiger partial charge in [0.15, 0.2) is 0 Å². The van der Waals surface area contributed by atoms with Gasteiger partial charge in [-0.1, -0.05) is 60.7 Å². The SMILES string of the molecule is COc1cc(NC(C)CCCN2C(=O)[C@H](Cc3ccccc3)NC2c2ccccc2C)c2ncccc2c1. The molecule has 0 aliphatic carbocycles. The highest BCUT2D eigenvalue weighted by atomic mass is 16.5. The summed E-state index contributed by atoms with van der Waals surface area (Å²) in [7, 11) is 1.68. The zero-order valence-electron chi connectivity index (χ0n) is 22.4. The molecule has 2 N–H and O–H groups in total. The van der Waals surface area contributed by atoms with Crippen LogP contribution in [0.4, 0.5) is 5.69 Å². The number of fused-ring (bicyclic) bond motifs is 1. The van der Waals surface area contributed by atoms with Crippen molar-refractivity contribution in [2.24, 2.45) is 0 Å². The molecule has 3 aromatic carbocycles. The van der Waals surface area contributed by atoms with E-state index in [0.717, 1.165) is 40.7 Å². The number of carbonyl (C=O) groups is 1. The molecule has 0 radical (unpaired) electrons. The Bertz CT molecular complexity index is 1390. The largest absolute Gasteiger partial charge is 0.497 e. The van der Waals surface area contributed by atoms with Gasteiger partial charge in [-0.25, -0.2) is 0 Å². The first-order chi connectivity index (χ1) is 18.5. The number of hydrogen-bond donors (Lipinski definition) is 2. The Morgan fingerprint density at radius 1 is 1.05 bits per heavy atom. The molecule has 3 atom stereocenters. The maximum atomic E-state index is 13.6. The molecule has 0 spiro atoms. The Labute approximate surface area is 225 Å². The topological polar surface area (TPSA) is 66.5 Å². The van der Waals surface area contributed by atoms with Crippen molar-refractivity contribution in [2.75, 3.05) is 19.0 Å². The molecular formula is C32H36N4O2. The van der Waals surface area contributed by atoms with Crippen LogP contribution in [0.1, 0.15) is 42.6 Å². The number of methoxy groups -OCH3 is 1. The monoisotopic (exact) mass is 508 g/mol. The molecule has 4 aromatic rings. The molecule has 2 unspecified atom stereocenters. The van der Waals surface area contributed by atoms with E-state index in [1.54, 1.807) is 7.11 Å². The van der Waals surface area contributed by atoms with E-state index in [1.165, 1.54) is 11.1 Å². The van der Waals surface area contributed by atoms with Crippen molar-refractivity contribution in [3.05, 3.63) is 102 Å². The Kier molecular flexibility index (Phi) is 7.89. The van der Waals surface area contributed by atoms with Crippen LogP contribution in [0.2, 0.25) is 0 Å². The molecule has 38 heavy (non-hydrogen) atoms. The number of aryl methyl sites for hydroxylation is 1. The number of pyridine rings is 1. The molecule has 196 valence electrons. The van der Waals surface area contributed by atoms with E-state index in [1.807, 2.05) is 59.6 Å². The first kappa shape index (κ1) is 25.7. The molecule has 1 amide bonds. The predicted molar refractivity (Wildman–Crippen MR) is 153 cm³/mol. The van der Waals surface area contributed by atoms with Crippen LogP contribution in [0.5, 0.6) is 5.75 Å². The van der Waals surface area contributed by atoms with Gasteiger partial charge in [-0.15, -0.1) is 0 Å². The molecule has 1 saturated heterocycles. The van der Waals surface area contributed by atoms with E-state index < -0.39 is 0 Å². The van der Waals surface area contributed by atoms with E-state index in [-0.39, 0.29) is 24.2 Å². The summed E-state index contributed by atoms with van der Waals surface area (Å²) in [6.45, 7) is 4.98. The van der Waals surface area contributed by atoms with Crippen LogP contribution in [-0.2, 0) is 11.2 Å². The molecule has 6 heteroatoms. The molecule has 0 bridgehead atoms. The van der Waals surface area contributed by atoms with Crippen molar-refractivity contribution in [1.29, 1.82) is 0 Å². The lowest BCUT2D eigenvalue weighted by Gasteiger charge is -2.26. The van der Waals surface area contributed by atoms with Gasteiger partial charge in [0.05, 0.1) is 24.4 Å². The zero-order valence-corrected chi connectivity index (χ0v) is 22.4. The number of anilines is 1. The molecule has 2 heterocycles. The molecular weight excluding hydrogens is 472 g/mol. The fourth-order valence-electron chi connectivity index (χ4n) is 5.36. The van der Waals surface area contributed by atoms with Crippen LogP contribution >= 0.6 is 0 Å². The lowest BCUT2D eigenvalue weighted by Crippen LogP contribution is -2.33. The van der Waals surface area contributed by atoms with Crippen LogP contribution in [0.3, 0.4) is 0 Å². The molecule has 1 aliphatic heterocycles. The highest BCUT2D eigenvalue weighted by Crippen LogP contribution is 2.31. The second kappa shape index (κ2) is 11.7. The lowest BCUT2D eigenvalue weighted by atomic mass is 10.1. The van der Waals surface area contributed by atoms with Gasteiger partial charge in [-0.2, -0.15) is 0 Å². The maximum absolute atomic E-state index is 13.6. The normalized spacial score (nSPS) is 18.1. The van der Waals surface area contributed by atoms with Gasteiger partial charge in [0.2, 0.25) is 5.91 Å². The summed E-state index contributed by atoms with van der Waals surface area (Å²) in [6, 6.07) is 26.5. The number of ether oxygens (including phenoxy) is 1. The average Bonchev–Trinajstić information content (AvgIpc) is 3.23. The zero-order chi connectivity index (χ0) is 26.5. The maximum Gasteiger partial charge on any atom is 0.241 e. The number of benzene rings is 3. The van der Waals surface area contributed by atoms with E-state index in [9.17, 15) is 4.79 Å². The highest BCUT2D eigenvalue weighted by molar-refractivity contribution is 5.92. The highest BCUT2D eigenvalue weighted by Gasteiger charge is 2.39. The van der Waals surface area contributed by atoms with E-state index in [2.05, 4.69) is 59.8 Å². The molecule has 0 saturated carbocycles. The Morgan fingerprint density at radius 2 is 1.84 bits per heavy atom. The number of hydrogen-bond acceptors (Lipinski definition) is 5. The number of aromatic nitrogens is 1. The summed E-state index contributed by atoms with van der Waals surface area (Å²) in [5.41, 5.74) is 5.42. The van der Waals surface area contributed by atoms with E-state index >= 15 is 0 Å². The summed E-state index contributed by atoms with van der Waals surface area (Å²) in [4.78, 5) is 20.2. The van der Waals surface area contributed by atoms with Gasteiger partial charge in [-0.05, 0) is 61.9 Å². The smallest absolute Gasteiger partial charge is 0.241 e. The van der Waals surface area contributed by atoms with Crippen LogP contribution < -0.4 is 15.4 Å². The second-order valence-corrected chi connectivity index (χ2v) is 10.1. The van der Waals surface area contributed by atoms with Gasteiger partial charge in [0.1, 0.15) is 11.9 Å². The van der Waals surface area contributed by atoms with Crippen LogP contribution in [0.15, 0.2) is 85.1 Å². The number of amides is 1. The Hall–Kier alpha value is -3.90. The number of nitrogens with zero attached hydrogens (tertiary/aromatic N) is 2. The standard InChI is InChI=1S/C32H36N4O2/c1-22-11-7-8-16-27(22)31-35-29(19-24-13-5-4-6-14-24)32(37)36(31)18-10-12-23(2)34-28-21-26(38-3)20-25-15-9-17-33-30(25)28/h4-9,11,13-17,20-21,23,29,31,34-35H,10,12,18-19H2,1-3H3/t23?,29-,31?/m0/s1. The summed E-state index contributed by atoms with van der Waals surface area (Å²) >= 11 is 0. The summed E-state index contributed by atoms with van der Waals surface area (Å²) < 4.78 is 5.50. The van der Waals surface area contributed by atoms with Crippen molar-refractivity contribution >= 4 is 22.5 Å². The molecule has 1 aliphatic rings. The van der Waals surface area contributed by atoms with Gasteiger partial charge in [0, 0.05) is 30.2 Å². The number of carbonyl (C=O) groups excluding carboxylic acids is 1. The number of nitrogens with one attached hydrogen (secondary N) is 2. The van der Waals surface area contributed by atoms with Crippen molar-refractivity contribution in [3.63, 3.8) is 0 Å². The third-order valence-electron chi connectivity index (χ3n) is 7.37. The quantitative estimate of drug-likeness (QED) is 0.280. The lowest BCUT2D eigenvalue weighted by molar-refractivity contribution is -0.130. The van der Waals surface area contributed by atoms with Crippen LogP contribution in [0.25, 0.3) is 10.9 Å². The molecule has 6 nitrogen and oxygen atoms in total. The minimum absolute atomic E-state index is 0.118. The minimum Gasteiger partial charge on any atom is -0.497 e. The fraction of sp³-hybridized carbons (Fsp3) is 0.312. The first-order valence-electron chi connectivity index (χ1n) is 13.4. The third kappa shape index (κ3) is 5.65.